The lowest BCUT2D eigenvalue weighted by molar-refractivity contribution is -1.02. The Balaban J connectivity index is 1.31. The van der Waals surface area contributed by atoms with Crippen molar-refractivity contribution in [2.24, 2.45) is 0 Å². The van der Waals surface area contributed by atoms with Gasteiger partial charge in [0.25, 0.3) is 5.89 Å². The molecule has 0 saturated carbocycles. The van der Waals surface area contributed by atoms with Crippen molar-refractivity contribution < 1.29 is 14.2 Å². The fourth-order valence-corrected chi connectivity index (χ4v) is 3.82. The molecule has 5 heteroatoms. The summed E-state index contributed by atoms with van der Waals surface area (Å²) in [6, 6.07) is 16.9. The number of aryl methyl sites for hydroxylation is 2. The van der Waals surface area contributed by atoms with Crippen molar-refractivity contribution in [3.05, 3.63) is 71.1 Å². The van der Waals surface area contributed by atoms with E-state index < -0.39 is 0 Å². The average Bonchev–Trinajstić information content (AvgIpc) is 3.14. The molecule has 0 radical (unpaired) electrons. The van der Waals surface area contributed by atoms with Crippen molar-refractivity contribution in [2.45, 2.75) is 26.9 Å². The molecule has 0 aliphatic carbocycles. The summed E-state index contributed by atoms with van der Waals surface area (Å²) in [6.07, 6.45) is 0. The third-order valence-corrected chi connectivity index (χ3v) is 5.50. The molecule has 140 valence electrons. The zero-order valence-electron chi connectivity index (χ0n) is 16.2. The fraction of sp³-hybridized carbons (Fsp3) is 0.364. The topological polar surface area (TPSA) is 47.8 Å². The smallest absolute Gasteiger partial charge is 0.271 e. The SMILES string of the molecule is Cc1cccc(-c2nnc(C[NH+]3CC[NH+](Cc4ccccc4C)CC3)o2)c1. The average molecular weight is 364 g/mol. The summed E-state index contributed by atoms with van der Waals surface area (Å²) in [5.41, 5.74) is 5.06. The quantitative estimate of drug-likeness (QED) is 0.705. The van der Waals surface area contributed by atoms with Crippen LogP contribution in [0.2, 0.25) is 0 Å². The number of rotatable bonds is 5. The Morgan fingerprint density at radius 1 is 0.852 bits per heavy atom. The molecule has 1 aliphatic heterocycles. The molecular formula is C22H28N4O+2. The highest BCUT2D eigenvalue weighted by Gasteiger charge is 2.25. The van der Waals surface area contributed by atoms with Gasteiger partial charge in [-0.1, -0.05) is 42.0 Å². The van der Waals surface area contributed by atoms with E-state index in [9.17, 15) is 0 Å². The lowest BCUT2D eigenvalue weighted by Gasteiger charge is -2.29. The van der Waals surface area contributed by atoms with E-state index in [0.29, 0.717) is 5.89 Å². The largest absolute Gasteiger partial charge is 0.415 e. The summed E-state index contributed by atoms with van der Waals surface area (Å²) in [5.74, 6) is 1.36. The first-order valence-electron chi connectivity index (χ1n) is 9.78. The number of quaternary nitrogens is 2. The second-order valence-electron chi connectivity index (χ2n) is 7.65. The Hall–Kier alpha value is -2.50. The molecule has 2 aromatic carbocycles. The third-order valence-electron chi connectivity index (χ3n) is 5.50. The highest BCUT2D eigenvalue weighted by Crippen LogP contribution is 2.18. The Bertz CT molecular complexity index is 897. The van der Waals surface area contributed by atoms with Crippen LogP contribution in [0.4, 0.5) is 0 Å². The van der Waals surface area contributed by atoms with Crippen molar-refractivity contribution in [3.8, 4) is 11.5 Å². The van der Waals surface area contributed by atoms with Gasteiger partial charge in [-0.3, -0.25) is 0 Å². The van der Waals surface area contributed by atoms with E-state index in [1.54, 1.807) is 4.90 Å². The lowest BCUT2D eigenvalue weighted by Crippen LogP contribution is -3.27. The van der Waals surface area contributed by atoms with Crippen LogP contribution in [0.5, 0.6) is 0 Å². The maximum atomic E-state index is 5.92. The second kappa shape index (κ2) is 8.03. The standard InChI is InChI=1S/C22H26N4O/c1-17-6-5-9-19(14-17)22-24-23-21(27-22)16-26-12-10-25(11-13-26)15-20-8-4-3-7-18(20)2/h3-9,14H,10-13,15-16H2,1-2H3/p+2. The van der Waals surface area contributed by atoms with Crippen molar-refractivity contribution >= 4 is 0 Å². The first kappa shape index (κ1) is 17.9. The maximum absolute atomic E-state index is 5.92. The molecule has 4 rings (SSSR count). The number of nitrogens with zero attached hydrogens (tertiary/aromatic N) is 2. The van der Waals surface area contributed by atoms with Gasteiger partial charge in [0.2, 0.25) is 5.89 Å². The highest BCUT2D eigenvalue weighted by atomic mass is 16.4. The molecule has 5 nitrogen and oxygen atoms in total. The second-order valence-corrected chi connectivity index (χ2v) is 7.65. The summed E-state index contributed by atoms with van der Waals surface area (Å²) in [6.45, 7) is 10.9. The molecule has 3 aromatic rings. The van der Waals surface area contributed by atoms with Gasteiger partial charge in [-0.05, 0) is 31.5 Å². The van der Waals surface area contributed by atoms with E-state index in [1.165, 1.54) is 34.7 Å². The van der Waals surface area contributed by atoms with Crippen LogP contribution in [0.3, 0.4) is 0 Å². The van der Waals surface area contributed by atoms with Gasteiger partial charge in [-0.25, -0.2) is 0 Å². The zero-order chi connectivity index (χ0) is 18.6. The predicted molar refractivity (Wildman–Crippen MR) is 104 cm³/mol. The first-order valence-corrected chi connectivity index (χ1v) is 9.78. The molecule has 0 amide bonds. The van der Waals surface area contributed by atoms with Gasteiger partial charge in [0.1, 0.15) is 32.7 Å². The summed E-state index contributed by atoms with van der Waals surface area (Å²) in [7, 11) is 0. The van der Waals surface area contributed by atoms with E-state index in [1.807, 2.05) is 12.1 Å². The number of aromatic nitrogens is 2. The Kier molecular flexibility index (Phi) is 5.32. The summed E-state index contributed by atoms with van der Waals surface area (Å²) >= 11 is 0. The molecule has 1 saturated heterocycles. The van der Waals surface area contributed by atoms with E-state index >= 15 is 0 Å². The van der Waals surface area contributed by atoms with Crippen molar-refractivity contribution in [1.82, 2.24) is 10.2 Å². The minimum absolute atomic E-state index is 0.622. The van der Waals surface area contributed by atoms with Crippen molar-refractivity contribution in [3.63, 3.8) is 0 Å². The van der Waals surface area contributed by atoms with Gasteiger partial charge in [-0.2, -0.15) is 0 Å². The normalized spacial score (nSPS) is 19.9. The molecule has 1 fully saturated rings. The number of nitrogens with one attached hydrogen (secondary N) is 2. The van der Waals surface area contributed by atoms with E-state index in [0.717, 1.165) is 37.6 Å². The molecule has 2 N–H and O–H groups in total. The van der Waals surface area contributed by atoms with Gasteiger partial charge in [0, 0.05) is 11.1 Å². The minimum atomic E-state index is 0.622. The third kappa shape index (κ3) is 4.43. The molecule has 0 atom stereocenters. The van der Waals surface area contributed by atoms with Crippen LogP contribution in [0, 0.1) is 13.8 Å². The molecule has 2 heterocycles. The van der Waals surface area contributed by atoms with Crippen LogP contribution in [0.25, 0.3) is 11.5 Å². The van der Waals surface area contributed by atoms with Crippen LogP contribution in [0.15, 0.2) is 52.9 Å². The Morgan fingerprint density at radius 2 is 1.59 bits per heavy atom. The van der Waals surface area contributed by atoms with Crippen LogP contribution >= 0.6 is 0 Å². The monoisotopic (exact) mass is 364 g/mol. The highest BCUT2D eigenvalue weighted by molar-refractivity contribution is 5.53. The molecule has 0 spiro atoms. The van der Waals surface area contributed by atoms with Crippen LogP contribution < -0.4 is 9.80 Å². The van der Waals surface area contributed by atoms with Gasteiger partial charge >= 0.3 is 0 Å². The molecule has 0 bridgehead atoms. The minimum Gasteiger partial charge on any atom is -0.415 e. The summed E-state index contributed by atoms with van der Waals surface area (Å²) < 4.78 is 5.92. The number of piperazine rings is 1. The zero-order valence-corrected chi connectivity index (χ0v) is 16.2. The molecule has 0 unspecified atom stereocenters. The van der Waals surface area contributed by atoms with Crippen LogP contribution in [-0.4, -0.2) is 36.4 Å². The Labute approximate surface area is 160 Å². The van der Waals surface area contributed by atoms with Crippen LogP contribution in [-0.2, 0) is 13.1 Å². The van der Waals surface area contributed by atoms with Gasteiger partial charge in [0.15, 0.2) is 6.54 Å². The van der Waals surface area contributed by atoms with Gasteiger partial charge in [-0.15, -0.1) is 10.2 Å². The van der Waals surface area contributed by atoms with E-state index in [4.69, 9.17) is 4.42 Å². The molecular weight excluding hydrogens is 336 g/mol. The maximum Gasteiger partial charge on any atom is 0.271 e. The van der Waals surface area contributed by atoms with Gasteiger partial charge in [0.05, 0.1) is 0 Å². The molecule has 1 aromatic heterocycles. The summed E-state index contributed by atoms with van der Waals surface area (Å²) in [4.78, 5) is 3.20. The van der Waals surface area contributed by atoms with Crippen molar-refractivity contribution in [2.75, 3.05) is 26.2 Å². The molecule has 1 aliphatic rings. The number of benzene rings is 2. The van der Waals surface area contributed by atoms with Crippen LogP contribution in [0.1, 0.15) is 22.6 Å². The van der Waals surface area contributed by atoms with Crippen molar-refractivity contribution in [1.29, 1.82) is 0 Å². The Morgan fingerprint density at radius 3 is 2.33 bits per heavy atom. The fourth-order valence-electron chi connectivity index (χ4n) is 3.82. The lowest BCUT2D eigenvalue weighted by atomic mass is 10.1. The predicted octanol–water partition coefficient (Wildman–Crippen LogP) is 0.837. The first-order chi connectivity index (χ1) is 13.2. The van der Waals surface area contributed by atoms with E-state index in [-0.39, 0.29) is 0 Å². The molecule has 27 heavy (non-hydrogen) atoms. The van der Waals surface area contributed by atoms with Gasteiger partial charge < -0.3 is 14.2 Å². The summed E-state index contributed by atoms with van der Waals surface area (Å²) in [5, 5.41) is 8.51. The number of hydrogen-bond acceptors (Lipinski definition) is 3. The number of hydrogen-bond donors (Lipinski definition) is 2. The van der Waals surface area contributed by atoms with E-state index in [2.05, 4.69) is 60.4 Å².